The van der Waals surface area contributed by atoms with Gasteiger partial charge in [-0.05, 0) is 37.1 Å². The van der Waals surface area contributed by atoms with Gasteiger partial charge in [-0.1, -0.05) is 31.7 Å². The maximum absolute atomic E-state index is 12.4. The van der Waals surface area contributed by atoms with Gasteiger partial charge in [0.25, 0.3) is 0 Å². The Bertz CT molecular complexity index is 1080. The summed E-state index contributed by atoms with van der Waals surface area (Å²) >= 11 is 3.16. The number of fused-ring (bicyclic) bond motifs is 2. The molecule has 2 aromatic heterocycles. The van der Waals surface area contributed by atoms with Gasteiger partial charge in [-0.25, -0.2) is 9.97 Å². The summed E-state index contributed by atoms with van der Waals surface area (Å²) in [5, 5.41) is 4.93. The highest BCUT2D eigenvalue weighted by atomic mass is 32.2. The van der Waals surface area contributed by atoms with Crippen molar-refractivity contribution in [1.29, 1.82) is 0 Å². The van der Waals surface area contributed by atoms with Gasteiger partial charge in [-0.15, -0.1) is 11.3 Å². The normalized spacial score (nSPS) is 12.7. The number of aryl methyl sites for hydroxylation is 2. The van der Waals surface area contributed by atoms with Gasteiger partial charge in [-0.3, -0.25) is 4.79 Å². The quantitative estimate of drug-likeness (QED) is 0.457. The van der Waals surface area contributed by atoms with Crippen molar-refractivity contribution in [2.75, 3.05) is 12.5 Å². The fraction of sp³-hybridized carbons (Fsp3) is 0.381. The average molecular weight is 430 g/mol. The molecule has 29 heavy (non-hydrogen) atoms. The largest absolute Gasteiger partial charge is 0.454 e. The van der Waals surface area contributed by atoms with E-state index in [2.05, 4.69) is 33.0 Å². The summed E-state index contributed by atoms with van der Waals surface area (Å²) in [6.07, 6.45) is 0. The zero-order chi connectivity index (χ0) is 20.5. The third-order valence-corrected chi connectivity index (χ3v) is 6.87. The van der Waals surface area contributed by atoms with Crippen LogP contribution in [0, 0.1) is 13.8 Å². The van der Waals surface area contributed by atoms with Gasteiger partial charge in [0.05, 0.1) is 5.75 Å². The Hall–Kier alpha value is -2.32. The first-order chi connectivity index (χ1) is 13.9. The number of hydrogen-bond donors (Lipinski definition) is 1. The molecule has 3 heterocycles. The molecule has 0 saturated heterocycles. The Morgan fingerprint density at radius 2 is 2.03 bits per heavy atom. The molecule has 1 N–H and O–H groups in total. The Morgan fingerprint density at radius 3 is 2.83 bits per heavy atom. The van der Waals surface area contributed by atoms with Crippen molar-refractivity contribution in [2.45, 2.75) is 45.2 Å². The molecule has 1 aromatic carbocycles. The monoisotopic (exact) mass is 429 g/mol. The lowest BCUT2D eigenvalue weighted by Gasteiger charge is -2.09. The Morgan fingerprint density at radius 1 is 1.24 bits per heavy atom. The van der Waals surface area contributed by atoms with Crippen molar-refractivity contribution in [2.24, 2.45) is 0 Å². The van der Waals surface area contributed by atoms with Crippen LogP contribution in [0.3, 0.4) is 0 Å². The summed E-state index contributed by atoms with van der Waals surface area (Å²) in [5.74, 6) is 2.80. The number of amides is 1. The van der Waals surface area contributed by atoms with Crippen LogP contribution in [0.15, 0.2) is 23.2 Å². The molecule has 0 radical (unpaired) electrons. The minimum Gasteiger partial charge on any atom is -0.454 e. The van der Waals surface area contributed by atoms with E-state index in [-0.39, 0.29) is 18.6 Å². The summed E-state index contributed by atoms with van der Waals surface area (Å²) in [4.78, 5) is 24.2. The Kier molecular flexibility index (Phi) is 5.65. The highest BCUT2D eigenvalue weighted by molar-refractivity contribution is 8.00. The maximum Gasteiger partial charge on any atom is 0.231 e. The molecular weight excluding hydrogens is 406 g/mol. The lowest BCUT2D eigenvalue weighted by molar-refractivity contribution is -0.118. The highest BCUT2D eigenvalue weighted by Gasteiger charge is 2.18. The zero-order valence-electron chi connectivity index (χ0n) is 16.9. The van der Waals surface area contributed by atoms with E-state index in [1.807, 2.05) is 18.2 Å². The molecule has 1 amide bonds. The zero-order valence-corrected chi connectivity index (χ0v) is 18.5. The number of rotatable bonds is 6. The second-order valence-electron chi connectivity index (χ2n) is 7.26. The van der Waals surface area contributed by atoms with Crippen LogP contribution in [0.5, 0.6) is 11.5 Å². The Balaban J connectivity index is 1.44. The molecule has 0 aliphatic carbocycles. The second kappa shape index (κ2) is 8.20. The lowest BCUT2D eigenvalue weighted by atomic mass is 10.2. The fourth-order valence-corrected chi connectivity index (χ4v) is 5.05. The van der Waals surface area contributed by atoms with Gasteiger partial charge >= 0.3 is 0 Å². The van der Waals surface area contributed by atoms with E-state index in [4.69, 9.17) is 19.4 Å². The van der Waals surface area contributed by atoms with Crippen LogP contribution in [-0.2, 0) is 11.3 Å². The van der Waals surface area contributed by atoms with Crippen molar-refractivity contribution in [3.63, 3.8) is 0 Å². The minimum atomic E-state index is -0.0323. The molecule has 1 aliphatic rings. The van der Waals surface area contributed by atoms with Crippen molar-refractivity contribution < 1.29 is 14.3 Å². The predicted molar refractivity (Wildman–Crippen MR) is 116 cm³/mol. The molecule has 0 fully saturated rings. The molecule has 8 heteroatoms. The third-order valence-electron chi connectivity index (χ3n) is 4.80. The average Bonchev–Trinajstić information content (AvgIpc) is 3.28. The molecule has 4 rings (SSSR count). The number of hydrogen-bond acceptors (Lipinski definition) is 7. The molecule has 0 spiro atoms. The van der Waals surface area contributed by atoms with Gasteiger partial charge < -0.3 is 14.8 Å². The summed E-state index contributed by atoms with van der Waals surface area (Å²) in [6.45, 7) is 9.06. The fourth-order valence-electron chi connectivity index (χ4n) is 3.03. The summed E-state index contributed by atoms with van der Waals surface area (Å²) in [7, 11) is 0. The molecule has 0 unspecified atom stereocenters. The minimum absolute atomic E-state index is 0.0323. The van der Waals surface area contributed by atoms with Crippen molar-refractivity contribution >= 4 is 39.2 Å². The van der Waals surface area contributed by atoms with Gasteiger partial charge in [0.1, 0.15) is 15.7 Å². The molecule has 1 aliphatic heterocycles. The molecule has 152 valence electrons. The smallest absolute Gasteiger partial charge is 0.231 e. The number of nitrogens with one attached hydrogen (secondary N) is 1. The standard InChI is InChI=1S/C21H23N3O3S2/c1-11(2)19-23-20(18-12(3)13(4)29-21(18)24-19)28-9-17(25)22-8-14-5-6-15-16(7-14)27-10-26-15/h5-7,11H,8-10H2,1-4H3,(H,22,25). The van der Waals surface area contributed by atoms with E-state index >= 15 is 0 Å². The summed E-state index contributed by atoms with van der Waals surface area (Å²) < 4.78 is 10.7. The van der Waals surface area contributed by atoms with E-state index in [1.165, 1.54) is 22.2 Å². The molecule has 0 saturated carbocycles. The number of thiophene rings is 1. The number of carbonyl (C=O) groups excluding carboxylic acids is 1. The van der Waals surface area contributed by atoms with Crippen LogP contribution in [0.25, 0.3) is 10.2 Å². The molecule has 0 atom stereocenters. The predicted octanol–water partition coefficient (Wildman–Crippen LogP) is 4.57. The van der Waals surface area contributed by atoms with Crippen LogP contribution >= 0.6 is 23.1 Å². The van der Waals surface area contributed by atoms with Crippen LogP contribution in [-0.4, -0.2) is 28.4 Å². The van der Waals surface area contributed by atoms with Gasteiger partial charge in [0.2, 0.25) is 12.7 Å². The SMILES string of the molecule is Cc1sc2nc(C(C)C)nc(SCC(=O)NCc3ccc4c(c3)OCO4)c2c1C. The Labute approximate surface area is 178 Å². The first kappa shape index (κ1) is 20.0. The van der Waals surface area contributed by atoms with Crippen molar-refractivity contribution in [3.05, 3.63) is 40.0 Å². The highest BCUT2D eigenvalue weighted by Crippen LogP contribution is 2.36. The van der Waals surface area contributed by atoms with E-state index in [9.17, 15) is 4.79 Å². The maximum atomic E-state index is 12.4. The van der Waals surface area contributed by atoms with E-state index < -0.39 is 0 Å². The molecule has 0 bridgehead atoms. The summed E-state index contributed by atoms with van der Waals surface area (Å²) in [6, 6.07) is 5.70. The molecule has 6 nitrogen and oxygen atoms in total. The van der Waals surface area contributed by atoms with E-state index in [0.29, 0.717) is 12.3 Å². The second-order valence-corrected chi connectivity index (χ2v) is 9.43. The molecular formula is C21H23N3O3S2. The number of benzene rings is 1. The number of thioether (sulfide) groups is 1. The van der Waals surface area contributed by atoms with Gasteiger partial charge in [0.15, 0.2) is 11.5 Å². The first-order valence-electron chi connectivity index (χ1n) is 9.48. The topological polar surface area (TPSA) is 73.3 Å². The molecule has 3 aromatic rings. The van der Waals surface area contributed by atoms with Crippen LogP contribution < -0.4 is 14.8 Å². The van der Waals surface area contributed by atoms with Gasteiger partial charge in [0, 0.05) is 22.7 Å². The number of aromatic nitrogens is 2. The van der Waals surface area contributed by atoms with Crippen LogP contribution in [0.2, 0.25) is 0 Å². The van der Waals surface area contributed by atoms with Crippen molar-refractivity contribution in [3.8, 4) is 11.5 Å². The summed E-state index contributed by atoms with van der Waals surface area (Å²) in [5.41, 5.74) is 2.17. The van der Waals surface area contributed by atoms with Crippen molar-refractivity contribution in [1.82, 2.24) is 15.3 Å². The van der Waals surface area contributed by atoms with E-state index in [0.717, 1.165) is 38.1 Å². The van der Waals surface area contributed by atoms with Crippen LogP contribution in [0.1, 0.15) is 41.6 Å². The number of ether oxygens (including phenoxy) is 2. The third kappa shape index (κ3) is 4.18. The number of carbonyl (C=O) groups is 1. The van der Waals surface area contributed by atoms with Gasteiger partial charge in [-0.2, -0.15) is 0 Å². The first-order valence-corrected chi connectivity index (χ1v) is 11.3. The van der Waals surface area contributed by atoms with Crippen LogP contribution in [0.4, 0.5) is 0 Å². The van der Waals surface area contributed by atoms with E-state index in [1.54, 1.807) is 11.3 Å². The lowest BCUT2D eigenvalue weighted by Crippen LogP contribution is -2.24. The number of nitrogens with zero attached hydrogens (tertiary/aromatic N) is 2.